The molecule has 0 saturated heterocycles. The van der Waals surface area contributed by atoms with Crippen molar-refractivity contribution < 1.29 is 73.8 Å². The Labute approximate surface area is 284 Å². The summed E-state index contributed by atoms with van der Waals surface area (Å²) in [6.45, 7) is 0. The number of benzene rings is 2. The number of hydrogen-bond acceptors (Lipinski definition) is 14. The minimum absolute atomic E-state index is 0. The van der Waals surface area contributed by atoms with E-state index in [9.17, 15) is 20.4 Å². The second-order valence-corrected chi connectivity index (χ2v) is 8.23. The maximum atomic E-state index is 11.4. The van der Waals surface area contributed by atoms with Gasteiger partial charge in [-0.15, -0.1) is 22.7 Å². The molecule has 0 fully saturated rings. The average molecular weight is 734 g/mol. The van der Waals surface area contributed by atoms with E-state index in [1.165, 1.54) is 47.2 Å². The zero-order chi connectivity index (χ0) is 32.2. The molecule has 4 aromatic rings. The molecule has 12 nitrogen and oxygen atoms in total. The minimum Gasteiger partial charge on any atom is -0.872 e. The Bertz CT molecular complexity index is 1220. The molecule has 2 heterocycles. The average Bonchev–Trinajstić information content (AvgIpc) is 3.79. The van der Waals surface area contributed by atoms with Gasteiger partial charge in [-0.3, -0.25) is 0 Å². The van der Waals surface area contributed by atoms with Crippen LogP contribution in [-0.2, 0) is 33.0 Å². The first-order valence-electron chi connectivity index (χ1n) is 11.5. The van der Waals surface area contributed by atoms with E-state index >= 15 is 0 Å². The molecule has 244 valence electrons. The van der Waals surface area contributed by atoms with Gasteiger partial charge >= 0.3 is 33.0 Å². The molecule has 0 amide bonds. The van der Waals surface area contributed by atoms with Crippen molar-refractivity contribution in [2.45, 2.75) is 0 Å². The molecular weight excluding hydrogens is 702 g/mol. The summed E-state index contributed by atoms with van der Waals surface area (Å²) < 4.78 is 0. The number of para-hydroxylation sites is 2. The van der Waals surface area contributed by atoms with Crippen LogP contribution in [0.4, 0.5) is 0 Å². The molecule has 0 saturated carbocycles. The zero-order valence-electron chi connectivity index (χ0n) is 23.9. The number of thiophene rings is 2. The number of hydrogen-bond donors (Lipinski definition) is 4. The molecule has 0 aliphatic rings. The third-order valence-corrected chi connectivity index (χ3v) is 5.71. The molecule has 0 radical (unpaired) electrons. The molecule has 0 aliphatic carbocycles. The number of rotatable bonds is 6. The molecule has 0 aliphatic heterocycles. The first kappa shape index (κ1) is 47.5. The Balaban J connectivity index is -0.000000286. The summed E-state index contributed by atoms with van der Waals surface area (Å²) in [7, 11) is 4.00. The van der Waals surface area contributed by atoms with E-state index in [4.69, 9.17) is 20.4 Å². The van der Waals surface area contributed by atoms with Crippen LogP contribution in [-0.4, -0.2) is 73.1 Å². The fraction of sp³-hybridized carbons (Fsp3) is 0.143. The van der Waals surface area contributed by atoms with Crippen molar-refractivity contribution in [3.05, 3.63) is 104 Å². The molecule has 0 bridgehead atoms. The Kier molecular flexibility index (Phi) is 35.0. The largest absolute Gasteiger partial charge is 2.00 e. The summed E-state index contributed by atoms with van der Waals surface area (Å²) in [5.41, 5.74) is 0.824. The molecular formula is C28H32N4Ni2O8S2. The first-order valence-corrected chi connectivity index (χ1v) is 13.3. The predicted molar refractivity (Wildman–Crippen MR) is 161 cm³/mol. The van der Waals surface area contributed by atoms with E-state index in [1.54, 1.807) is 71.4 Å². The van der Waals surface area contributed by atoms with E-state index < -0.39 is 11.8 Å². The van der Waals surface area contributed by atoms with E-state index in [-0.39, 0.29) is 44.5 Å². The third kappa shape index (κ3) is 19.7. The van der Waals surface area contributed by atoms with Crippen LogP contribution in [0.1, 0.15) is 20.9 Å². The van der Waals surface area contributed by atoms with Crippen LogP contribution in [0.3, 0.4) is 0 Å². The summed E-state index contributed by atoms with van der Waals surface area (Å²) >= 11 is 2.60. The van der Waals surface area contributed by atoms with Crippen molar-refractivity contribution in [2.75, 3.05) is 28.4 Å². The molecule has 4 N–H and O–H groups in total. The predicted octanol–water partition coefficient (Wildman–Crippen LogP) is 0.354. The maximum Gasteiger partial charge on any atom is 2.00 e. The van der Waals surface area contributed by atoms with Gasteiger partial charge in [0.05, 0.1) is 12.4 Å². The number of nitrogens with zero attached hydrogens (tertiary/aromatic N) is 4. The second kappa shape index (κ2) is 32.5. The fourth-order valence-electron chi connectivity index (χ4n) is 2.36. The van der Waals surface area contributed by atoms with Gasteiger partial charge in [0.15, 0.2) is 0 Å². The summed E-state index contributed by atoms with van der Waals surface area (Å²) in [5, 5.41) is 91.3. The Morgan fingerprint density at radius 1 is 0.545 bits per heavy atom. The molecule has 2 aromatic carbocycles. The topological polar surface area (TPSA) is 223 Å². The van der Waals surface area contributed by atoms with Crippen molar-refractivity contribution in [1.29, 1.82) is 0 Å². The Morgan fingerprint density at radius 2 is 0.864 bits per heavy atom. The minimum atomic E-state index is -0.403. The van der Waals surface area contributed by atoms with Crippen molar-refractivity contribution >= 4 is 46.9 Å². The van der Waals surface area contributed by atoms with E-state index in [1.807, 2.05) is 0 Å². The smallest absolute Gasteiger partial charge is 0.872 e. The molecule has 2 aromatic heterocycles. The van der Waals surface area contributed by atoms with Gasteiger partial charge in [0.1, 0.15) is 0 Å². The van der Waals surface area contributed by atoms with Crippen molar-refractivity contribution in [1.82, 2.24) is 0 Å². The van der Waals surface area contributed by atoms with E-state index in [0.717, 1.165) is 28.4 Å². The van der Waals surface area contributed by atoms with Crippen molar-refractivity contribution in [3.8, 4) is 11.5 Å². The van der Waals surface area contributed by atoms with Crippen LogP contribution >= 0.6 is 22.7 Å². The summed E-state index contributed by atoms with van der Waals surface area (Å²) in [5.74, 6) is -1.09. The van der Waals surface area contributed by atoms with E-state index in [0.29, 0.717) is 20.9 Å². The zero-order valence-corrected chi connectivity index (χ0v) is 27.5. The van der Waals surface area contributed by atoms with Gasteiger partial charge in [-0.25, -0.2) is 0 Å². The quantitative estimate of drug-likeness (QED) is 0.0935. The first-order chi connectivity index (χ1) is 20.5. The van der Waals surface area contributed by atoms with Crippen LogP contribution in [0, 0.1) is 0 Å². The third-order valence-electron chi connectivity index (χ3n) is 3.99. The van der Waals surface area contributed by atoms with Crippen LogP contribution in [0.15, 0.2) is 104 Å². The van der Waals surface area contributed by atoms with Gasteiger partial charge in [0.2, 0.25) is 0 Å². The monoisotopic (exact) mass is 732 g/mol. The number of aliphatic hydroxyl groups is 4. The SMILES string of the molecule is CO.CO.CO.CO.[Ni+2].[Ni+2].[O-]/C(=N\N=C\c1ccccc1[O-])c1cccs1.[O-]/C(=N\N=C\c1ccccc1[O-])c1cccs1. The van der Waals surface area contributed by atoms with Crippen LogP contribution in [0.2, 0.25) is 0 Å². The van der Waals surface area contributed by atoms with Crippen molar-refractivity contribution in [3.63, 3.8) is 0 Å². The van der Waals surface area contributed by atoms with Gasteiger partial charge < -0.3 is 40.9 Å². The standard InChI is InChI=1S/2C12H10N2O2S.4CH4O.2Ni/c2*15-10-5-2-1-4-9(10)8-13-14-12(16)11-6-3-7-17-11;4*1-2;;/h2*1-8,15H,(H,14,16);4*2H,1H3;;/q;;;;;;2*+2/p-4/b2*13-8+;;;;;;. The summed E-state index contributed by atoms with van der Waals surface area (Å²) in [6, 6.07) is 19.7. The van der Waals surface area contributed by atoms with Gasteiger partial charge in [-0.2, -0.15) is 20.4 Å². The molecule has 0 atom stereocenters. The molecule has 44 heavy (non-hydrogen) atoms. The Morgan fingerprint density at radius 3 is 1.14 bits per heavy atom. The normalized spacial score (nSPS) is 9.91. The molecule has 16 heteroatoms. The second-order valence-electron chi connectivity index (χ2n) is 6.33. The molecule has 4 rings (SSSR count). The molecule has 0 spiro atoms. The summed E-state index contributed by atoms with van der Waals surface area (Å²) in [4.78, 5) is 1.05. The molecule has 0 unspecified atom stereocenters. The van der Waals surface area contributed by atoms with Crippen LogP contribution in [0.5, 0.6) is 11.5 Å². The van der Waals surface area contributed by atoms with Crippen LogP contribution in [0.25, 0.3) is 0 Å². The fourth-order valence-corrected chi connectivity index (χ4v) is 3.57. The van der Waals surface area contributed by atoms with E-state index in [2.05, 4.69) is 20.4 Å². The van der Waals surface area contributed by atoms with Gasteiger partial charge in [0.25, 0.3) is 0 Å². The van der Waals surface area contributed by atoms with Gasteiger partial charge in [0, 0.05) is 50.0 Å². The Hall–Kier alpha value is -3.45. The maximum absolute atomic E-state index is 11.4. The van der Waals surface area contributed by atoms with Crippen molar-refractivity contribution in [2.24, 2.45) is 20.4 Å². The summed E-state index contributed by atoms with van der Waals surface area (Å²) in [6.07, 6.45) is 2.57. The number of aliphatic hydroxyl groups excluding tert-OH is 4. The van der Waals surface area contributed by atoms with Crippen LogP contribution < -0.4 is 20.4 Å². The van der Waals surface area contributed by atoms with Gasteiger partial charge in [-0.05, 0) is 34.0 Å². The van der Waals surface area contributed by atoms with Gasteiger partial charge in [-0.1, -0.05) is 72.2 Å².